The predicted octanol–water partition coefficient (Wildman–Crippen LogP) is 3.00. The lowest BCUT2D eigenvalue weighted by atomic mass is 10.1. The van der Waals surface area contributed by atoms with E-state index in [1.807, 2.05) is 18.2 Å². The number of benzene rings is 1. The second-order valence-electron chi connectivity index (χ2n) is 3.26. The van der Waals surface area contributed by atoms with Gasteiger partial charge in [0, 0.05) is 16.1 Å². The molecule has 0 atom stereocenters. The maximum Gasteiger partial charge on any atom is 0.337 e. The molecule has 1 N–H and O–H groups in total. The van der Waals surface area contributed by atoms with Gasteiger partial charge in [0.05, 0.1) is 11.1 Å². The third-order valence-electron chi connectivity index (χ3n) is 2.33. The highest BCUT2D eigenvalue weighted by atomic mass is 79.9. The minimum Gasteiger partial charge on any atom is -0.478 e. The summed E-state index contributed by atoms with van der Waals surface area (Å²) < 4.78 is 0.935. The Morgan fingerprint density at radius 3 is 2.87 bits per heavy atom. The van der Waals surface area contributed by atoms with Crippen LogP contribution in [0, 0.1) is 6.92 Å². The lowest BCUT2D eigenvalue weighted by Gasteiger charge is -2.05. The fourth-order valence-corrected chi connectivity index (χ4v) is 1.87. The van der Waals surface area contributed by atoms with Gasteiger partial charge in [-0.15, -0.1) is 0 Å². The van der Waals surface area contributed by atoms with Crippen LogP contribution in [0.25, 0.3) is 10.9 Å². The number of aromatic nitrogens is 1. The van der Waals surface area contributed by atoms with Crippen molar-refractivity contribution in [2.45, 2.75) is 6.92 Å². The zero-order valence-corrected chi connectivity index (χ0v) is 9.58. The SMILES string of the molecule is Cc1c(C(=O)O)cnc2cc(Br)ccc12. The molecule has 1 aromatic carbocycles. The second-order valence-corrected chi connectivity index (χ2v) is 4.18. The van der Waals surface area contributed by atoms with Gasteiger partial charge < -0.3 is 5.11 Å². The van der Waals surface area contributed by atoms with E-state index in [0.717, 1.165) is 20.9 Å². The molecule has 0 aliphatic rings. The molecule has 15 heavy (non-hydrogen) atoms. The van der Waals surface area contributed by atoms with Crippen LogP contribution >= 0.6 is 15.9 Å². The van der Waals surface area contributed by atoms with Gasteiger partial charge in [0.2, 0.25) is 0 Å². The van der Waals surface area contributed by atoms with Crippen molar-refractivity contribution in [3.05, 3.63) is 40.0 Å². The highest BCUT2D eigenvalue weighted by Crippen LogP contribution is 2.22. The molecule has 0 saturated carbocycles. The van der Waals surface area contributed by atoms with Gasteiger partial charge in [0.1, 0.15) is 0 Å². The summed E-state index contributed by atoms with van der Waals surface area (Å²) in [6.07, 6.45) is 1.40. The fourth-order valence-electron chi connectivity index (χ4n) is 1.52. The fraction of sp³-hybridized carbons (Fsp3) is 0.0909. The summed E-state index contributed by atoms with van der Waals surface area (Å²) in [6, 6.07) is 5.62. The lowest BCUT2D eigenvalue weighted by molar-refractivity contribution is 0.0696. The number of carboxylic acids is 1. The first-order chi connectivity index (χ1) is 7.09. The molecule has 4 heteroatoms. The first-order valence-electron chi connectivity index (χ1n) is 4.38. The quantitative estimate of drug-likeness (QED) is 0.863. The topological polar surface area (TPSA) is 50.2 Å². The molecule has 1 aromatic heterocycles. The second kappa shape index (κ2) is 3.62. The highest BCUT2D eigenvalue weighted by molar-refractivity contribution is 9.10. The van der Waals surface area contributed by atoms with Crippen molar-refractivity contribution in [3.8, 4) is 0 Å². The Hall–Kier alpha value is -1.42. The maximum absolute atomic E-state index is 10.9. The largest absolute Gasteiger partial charge is 0.478 e. The van der Waals surface area contributed by atoms with Gasteiger partial charge in [-0.25, -0.2) is 4.79 Å². The number of nitrogens with zero attached hydrogens (tertiary/aromatic N) is 1. The highest BCUT2D eigenvalue weighted by Gasteiger charge is 2.10. The van der Waals surface area contributed by atoms with E-state index < -0.39 is 5.97 Å². The van der Waals surface area contributed by atoms with Crippen LogP contribution in [-0.2, 0) is 0 Å². The monoisotopic (exact) mass is 265 g/mol. The molecule has 2 rings (SSSR count). The van der Waals surface area contributed by atoms with E-state index in [-0.39, 0.29) is 5.56 Å². The van der Waals surface area contributed by atoms with Crippen LogP contribution < -0.4 is 0 Å². The lowest BCUT2D eigenvalue weighted by Crippen LogP contribution is -2.01. The Morgan fingerprint density at radius 2 is 2.20 bits per heavy atom. The van der Waals surface area contributed by atoms with Crippen molar-refractivity contribution in [1.82, 2.24) is 4.98 Å². The van der Waals surface area contributed by atoms with Gasteiger partial charge in [-0.3, -0.25) is 4.98 Å². The van der Waals surface area contributed by atoms with Crippen molar-refractivity contribution in [2.24, 2.45) is 0 Å². The smallest absolute Gasteiger partial charge is 0.337 e. The average Bonchev–Trinajstić information content (AvgIpc) is 2.17. The van der Waals surface area contributed by atoms with Gasteiger partial charge >= 0.3 is 5.97 Å². The van der Waals surface area contributed by atoms with Crippen molar-refractivity contribution in [2.75, 3.05) is 0 Å². The molecular formula is C11H8BrNO2. The number of carboxylic acid groups (broad SMARTS) is 1. The number of hydrogen-bond donors (Lipinski definition) is 1. The minimum atomic E-state index is -0.940. The molecule has 0 saturated heterocycles. The number of fused-ring (bicyclic) bond motifs is 1. The number of aromatic carboxylic acids is 1. The normalized spacial score (nSPS) is 10.5. The number of rotatable bonds is 1. The van der Waals surface area contributed by atoms with Gasteiger partial charge in [0.25, 0.3) is 0 Å². The van der Waals surface area contributed by atoms with E-state index >= 15 is 0 Å². The first kappa shape index (κ1) is 10.1. The molecule has 1 heterocycles. The number of halogens is 1. The van der Waals surface area contributed by atoms with Gasteiger partial charge in [-0.2, -0.15) is 0 Å². The molecule has 3 nitrogen and oxygen atoms in total. The molecule has 0 aliphatic carbocycles. The molecule has 0 aliphatic heterocycles. The van der Waals surface area contributed by atoms with Crippen LogP contribution in [0.4, 0.5) is 0 Å². The standard InChI is InChI=1S/C11H8BrNO2/c1-6-8-3-2-7(12)4-10(8)13-5-9(6)11(14)15/h2-5H,1H3,(H,14,15). The zero-order chi connectivity index (χ0) is 11.0. The number of hydrogen-bond acceptors (Lipinski definition) is 2. The van der Waals surface area contributed by atoms with Crippen molar-refractivity contribution < 1.29 is 9.90 Å². The van der Waals surface area contributed by atoms with Crippen LogP contribution in [0.3, 0.4) is 0 Å². The van der Waals surface area contributed by atoms with Crippen LogP contribution in [0.5, 0.6) is 0 Å². The molecule has 76 valence electrons. The number of aryl methyl sites for hydroxylation is 1. The zero-order valence-electron chi connectivity index (χ0n) is 7.99. The van der Waals surface area contributed by atoms with Gasteiger partial charge in [-0.05, 0) is 24.6 Å². The van der Waals surface area contributed by atoms with E-state index in [0.29, 0.717) is 0 Å². The summed E-state index contributed by atoms with van der Waals surface area (Å²) in [5, 5.41) is 9.80. The van der Waals surface area contributed by atoms with E-state index in [9.17, 15) is 4.79 Å². The number of carbonyl (C=O) groups is 1. The van der Waals surface area contributed by atoms with E-state index in [1.54, 1.807) is 6.92 Å². The van der Waals surface area contributed by atoms with Crippen LogP contribution in [0.1, 0.15) is 15.9 Å². The number of pyridine rings is 1. The van der Waals surface area contributed by atoms with E-state index in [4.69, 9.17) is 5.11 Å². The third-order valence-corrected chi connectivity index (χ3v) is 2.82. The van der Waals surface area contributed by atoms with Crippen molar-refractivity contribution >= 4 is 32.8 Å². The Balaban J connectivity index is 2.80. The average molecular weight is 266 g/mol. The van der Waals surface area contributed by atoms with E-state index in [2.05, 4.69) is 20.9 Å². The Labute approximate surface area is 94.9 Å². The third kappa shape index (κ3) is 1.72. The molecule has 0 amide bonds. The minimum absolute atomic E-state index is 0.254. The summed E-state index contributed by atoms with van der Waals surface area (Å²) in [7, 11) is 0. The molecule has 0 spiro atoms. The van der Waals surface area contributed by atoms with Crippen LogP contribution in [0.15, 0.2) is 28.9 Å². The first-order valence-corrected chi connectivity index (χ1v) is 5.17. The molecule has 0 unspecified atom stereocenters. The summed E-state index contributed by atoms with van der Waals surface area (Å²) in [4.78, 5) is 15.0. The summed E-state index contributed by atoms with van der Waals surface area (Å²) in [5.74, 6) is -0.940. The Morgan fingerprint density at radius 1 is 1.47 bits per heavy atom. The van der Waals surface area contributed by atoms with Crippen molar-refractivity contribution in [1.29, 1.82) is 0 Å². The van der Waals surface area contributed by atoms with Crippen molar-refractivity contribution in [3.63, 3.8) is 0 Å². The molecular weight excluding hydrogens is 258 g/mol. The maximum atomic E-state index is 10.9. The summed E-state index contributed by atoms with van der Waals surface area (Å²) >= 11 is 3.35. The summed E-state index contributed by atoms with van der Waals surface area (Å²) in [6.45, 7) is 1.79. The molecule has 0 bridgehead atoms. The summed E-state index contributed by atoms with van der Waals surface area (Å²) in [5.41, 5.74) is 1.80. The van der Waals surface area contributed by atoms with Crippen LogP contribution in [0.2, 0.25) is 0 Å². The van der Waals surface area contributed by atoms with Gasteiger partial charge in [0.15, 0.2) is 0 Å². The Bertz CT molecular complexity index is 552. The van der Waals surface area contributed by atoms with Crippen LogP contribution in [-0.4, -0.2) is 16.1 Å². The Kier molecular flexibility index (Phi) is 2.44. The van der Waals surface area contributed by atoms with Gasteiger partial charge in [-0.1, -0.05) is 22.0 Å². The molecule has 0 radical (unpaired) electrons. The predicted molar refractivity (Wildman–Crippen MR) is 61.1 cm³/mol. The molecule has 0 fully saturated rings. The van der Waals surface area contributed by atoms with E-state index in [1.165, 1.54) is 6.20 Å². The molecule has 2 aromatic rings.